The predicted molar refractivity (Wildman–Crippen MR) is 250 cm³/mol. The summed E-state index contributed by atoms with van der Waals surface area (Å²) in [6, 6.07) is 61.7. The highest BCUT2D eigenvalue weighted by molar-refractivity contribution is 6.68. The minimum atomic E-state index is 0.161. The van der Waals surface area contributed by atoms with Crippen molar-refractivity contribution in [2.45, 2.75) is 0 Å². The normalized spacial score (nSPS) is 11.4. The molecule has 7 heteroatoms. The molecular formula is C51H29B5N2. The van der Waals surface area contributed by atoms with E-state index >= 15 is 0 Å². The molecule has 10 rings (SSSR count). The van der Waals surface area contributed by atoms with Crippen LogP contribution in [0.25, 0.3) is 94.2 Å². The summed E-state index contributed by atoms with van der Waals surface area (Å²) in [5.74, 6) is 0.638. The smallest absolute Gasteiger partial charge is 0.146 e. The Kier molecular flexibility index (Phi) is 8.83. The number of para-hydroxylation sites is 2. The summed E-state index contributed by atoms with van der Waals surface area (Å²) in [7, 11) is 32.7. The summed E-state index contributed by atoms with van der Waals surface area (Å²) in [5, 5.41) is 4.49. The zero-order valence-electron chi connectivity index (χ0n) is 31.5. The molecule has 1 aromatic heterocycles. The molecule has 58 heavy (non-hydrogen) atoms. The first-order valence-electron chi connectivity index (χ1n) is 19.2. The van der Waals surface area contributed by atoms with Gasteiger partial charge in [0.1, 0.15) is 45.1 Å². The molecule has 0 atom stereocenters. The Bertz CT molecular complexity index is 3080. The van der Waals surface area contributed by atoms with Crippen molar-refractivity contribution in [1.82, 2.24) is 9.55 Å². The van der Waals surface area contributed by atoms with Gasteiger partial charge in [-0.15, -0.1) is 16.4 Å². The molecule has 0 saturated carbocycles. The zero-order valence-corrected chi connectivity index (χ0v) is 31.5. The molecule has 0 aliphatic carbocycles. The van der Waals surface area contributed by atoms with Gasteiger partial charge in [0.15, 0.2) is 0 Å². The molecule has 0 aliphatic rings. The van der Waals surface area contributed by atoms with E-state index in [9.17, 15) is 0 Å². The van der Waals surface area contributed by atoms with Gasteiger partial charge in [0.2, 0.25) is 0 Å². The largest absolute Gasteiger partial charge is 0.294 e. The van der Waals surface area contributed by atoms with Crippen molar-refractivity contribution in [3.8, 4) is 61.6 Å². The molecule has 9 aromatic carbocycles. The molecule has 0 spiro atoms. The van der Waals surface area contributed by atoms with E-state index in [-0.39, 0.29) is 27.3 Å². The van der Waals surface area contributed by atoms with E-state index in [0.29, 0.717) is 11.5 Å². The maximum Gasteiger partial charge on any atom is 0.146 e. The number of benzene rings is 9. The first-order valence-corrected chi connectivity index (χ1v) is 19.2. The first kappa shape index (κ1) is 35.7. The average Bonchev–Trinajstić information content (AvgIpc) is 3.66. The lowest BCUT2D eigenvalue weighted by atomic mass is 9.61. The van der Waals surface area contributed by atoms with Gasteiger partial charge in [-0.25, -0.2) is 4.98 Å². The van der Waals surface area contributed by atoms with Gasteiger partial charge >= 0.3 is 0 Å². The molecule has 10 aromatic rings. The molecule has 2 nitrogen and oxygen atoms in total. The van der Waals surface area contributed by atoms with Gasteiger partial charge in [0.25, 0.3) is 0 Å². The van der Waals surface area contributed by atoms with Crippen LogP contribution in [-0.4, -0.2) is 48.8 Å². The van der Waals surface area contributed by atoms with Gasteiger partial charge in [-0.2, -0.15) is 0 Å². The maximum atomic E-state index is 6.76. The molecule has 1 heterocycles. The van der Waals surface area contributed by atoms with E-state index in [1.807, 2.05) is 34.9 Å². The fourth-order valence-corrected chi connectivity index (χ4v) is 8.50. The van der Waals surface area contributed by atoms with Gasteiger partial charge in [-0.05, 0) is 96.4 Å². The van der Waals surface area contributed by atoms with Crippen LogP contribution in [0.3, 0.4) is 0 Å². The second-order valence-electron chi connectivity index (χ2n) is 14.6. The lowest BCUT2D eigenvalue weighted by Gasteiger charge is -2.24. The Hall–Kier alpha value is -6.71. The Morgan fingerprint density at radius 1 is 0.345 bits per heavy atom. The Morgan fingerprint density at radius 3 is 1.31 bits per heavy atom. The third-order valence-electron chi connectivity index (χ3n) is 11.3. The van der Waals surface area contributed by atoms with Crippen molar-refractivity contribution in [2.24, 2.45) is 0 Å². The maximum absolute atomic E-state index is 6.76. The van der Waals surface area contributed by atoms with Crippen LogP contribution < -0.4 is 27.3 Å². The quantitative estimate of drug-likeness (QED) is 0.128. The third-order valence-corrected chi connectivity index (χ3v) is 11.3. The Morgan fingerprint density at radius 2 is 0.759 bits per heavy atom. The number of nitrogens with zero attached hydrogens (tertiary/aromatic N) is 2. The summed E-state index contributed by atoms with van der Waals surface area (Å²) in [6.45, 7) is 0. The molecular weight excluding hydrogens is 695 g/mol. The van der Waals surface area contributed by atoms with Gasteiger partial charge in [-0.3, -0.25) is 4.57 Å². The first-order chi connectivity index (χ1) is 28.4. The summed E-state index contributed by atoms with van der Waals surface area (Å²) < 4.78 is 1.96. The highest BCUT2D eigenvalue weighted by atomic mass is 15.1. The number of fused-ring (bicyclic) bond motifs is 3. The average molecular weight is 724 g/mol. The molecule has 0 fully saturated rings. The fourth-order valence-electron chi connectivity index (χ4n) is 8.50. The minimum absolute atomic E-state index is 0.161. The number of hydrogen-bond acceptors (Lipinski definition) is 1. The Balaban J connectivity index is 1.28. The van der Waals surface area contributed by atoms with Gasteiger partial charge in [0, 0.05) is 11.3 Å². The summed E-state index contributed by atoms with van der Waals surface area (Å²) in [5.41, 5.74) is 12.9. The van der Waals surface area contributed by atoms with E-state index in [0.717, 1.165) is 77.1 Å². The zero-order chi connectivity index (χ0) is 39.5. The second-order valence-corrected chi connectivity index (χ2v) is 14.6. The van der Waals surface area contributed by atoms with E-state index in [1.165, 1.54) is 5.56 Å². The molecule has 0 bridgehead atoms. The monoisotopic (exact) mass is 724 g/mol. The van der Waals surface area contributed by atoms with Gasteiger partial charge in [-0.1, -0.05) is 157 Å². The minimum Gasteiger partial charge on any atom is -0.294 e. The lowest BCUT2D eigenvalue weighted by molar-refractivity contribution is 1.12. The summed E-state index contributed by atoms with van der Waals surface area (Å²) in [6.07, 6.45) is 0. The van der Waals surface area contributed by atoms with Crippen LogP contribution in [0, 0.1) is 0 Å². The van der Waals surface area contributed by atoms with Crippen LogP contribution in [-0.2, 0) is 0 Å². The number of aromatic nitrogens is 2. The molecule has 258 valence electrons. The van der Waals surface area contributed by atoms with Crippen LogP contribution in [0.5, 0.6) is 0 Å². The van der Waals surface area contributed by atoms with Crippen LogP contribution >= 0.6 is 0 Å². The van der Waals surface area contributed by atoms with Crippen molar-refractivity contribution in [2.75, 3.05) is 0 Å². The van der Waals surface area contributed by atoms with Gasteiger partial charge < -0.3 is 0 Å². The number of imidazole rings is 1. The van der Waals surface area contributed by atoms with Crippen LogP contribution in [0.1, 0.15) is 0 Å². The highest BCUT2D eigenvalue weighted by Crippen LogP contribution is 2.47. The highest BCUT2D eigenvalue weighted by Gasteiger charge is 2.24. The van der Waals surface area contributed by atoms with E-state index in [1.54, 1.807) is 0 Å². The Labute approximate surface area is 344 Å². The van der Waals surface area contributed by atoms with Crippen LogP contribution in [0.15, 0.2) is 176 Å². The topological polar surface area (TPSA) is 17.8 Å². The summed E-state index contributed by atoms with van der Waals surface area (Å²) >= 11 is 0. The molecule has 0 aliphatic heterocycles. The lowest BCUT2D eigenvalue weighted by Crippen LogP contribution is -2.56. The van der Waals surface area contributed by atoms with E-state index < -0.39 is 0 Å². The number of rotatable bonds is 6. The predicted octanol–water partition coefficient (Wildman–Crippen LogP) is 7.64. The van der Waals surface area contributed by atoms with Crippen molar-refractivity contribution in [3.63, 3.8) is 0 Å². The van der Waals surface area contributed by atoms with Crippen molar-refractivity contribution < 1.29 is 0 Å². The molecule has 0 unspecified atom stereocenters. The van der Waals surface area contributed by atoms with Crippen LogP contribution in [0.2, 0.25) is 0 Å². The molecule has 10 radical (unpaired) electrons. The van der Waals surface area contributed by atoms with E-state index in [2.05, 4.69) is 146 Å². The summed E-state index contributed by atoms with van der Waals surface area (Å²) in [4.78, 5) is 5.25. The van der Waals surface area contributed by atoms with E-state index in [4.69, 9.17) is 44.2 Å². The molecule has 0 amide bonds. The van der Waals surface area contributed by atoms with Crippen molar-refractivity contribution in [1.29, 1.82) is 0 Å². The molecule has 0 saturated heterocycles. The standard InChI is InChI=1S/C51H29B5N2/c52-45-46(53)48(55)50(49(56)47(45)54)58-42-26-14-13-25-41(42)57-51(58)40-24-12-11-23-39(40)44-37-21-9-7-19-35(37)43(36-20-8-10-22-38(36)44)34-28-32(30-15-3-1-4-16-30)27-33(29-34)31-17-5-2-6-18-31/h1-29H. The second kappa shape index (κ2) is 14.3. The van der Waals surface area contributed by atoms with Gasteiger partial charge in [0.05, 0.1) is 11.0 Å². The number of hydrogen-bond donors (Lipinski definition) is 0. The molecule has 0 N–H and O–H groups in total. The van der Waals surface area contributed by atoms with Crippen molar-refractivity contribution >= 4 is 99.1 Å². The third kappa shape index (κ3) is 5.76. The SMILES string of the molecule is [B]c1c([B])c([B])c(-n2c(-c3ccccc3-c3c4ccccc4c(-c4cc(-c5ccccc5)cc(-c5ccccc5)c4)c4ccccc34)nc3ccccc32)c([B])c1[B]. The fraction of sp³-hybridized carbons (Fsp3) is 0. The van der Waals surface area contributed by atoms with Crippen LogP contribution in [0.4, 0.5) is 0 Å². The van der Waals surface area contributed by atoms with Crippen molar-refractivity contribution in [3.05, 3.63) is 176 Å².